The molecule has 0 bridgehead atoms. The fourth-order valence-corrected chi connectivity index (χ4v) is 5.22. The lowest BCUT2D eigenvalue weighted by atomic mass is 10.1. The molecule has 5 nitrogen and oxygen atoms in total. The first-order chi connectivity index (χ1) is 17.8. The molecular formula is C31H24N4O. The second kappa shape index (κ2) is 8.17. The van der Waals surface area contributed by atoms with Gasteiger partial charge in [0.2, 0.25) is 5.88 Å². The van der Waals surface area contributed by atoms with Gasteiger partial charge in [-0.25, -0.2) is 4.98 Å². The summed E-state index contributed by atoms with van der Waals surface area (Å²) in [6, 6.07) is 37.8. The Morgan fingerprint density at radius 3 is 2.33 bits per heavy atom. The maximum Gasteiger partial charge on any atom is 0.219 e. The zero-order chi connectivity index (χ0) is 24.1. The smallest absolute Gasteiger partial charge is 0.219 e. The number of hydrogen-bond donors (Lipinski definition) is 0. The van der Waals surface area contributed by atoms with Crippen LogP contribution in [0.5, 0.6) is 11.6 Å². The first-order valence-corrected chi connectivity index (χ1v) is 12.1. The number of fused-ring (bicyclic) bond motifs is 4. The highest BCUT2D eigenvalue weighted by atomic mass is 16.5. The lowest BCUT2D eigenvalue weighted by Crippen LogP contribution is -2.24. The second-order valence-corrected chi connectivity index (χ2v) is 9.08. The van der Waals surface area contributed by atoms with Crippen LogP contribution in [0.2, 0.25) is 0 Å². The maximum atomic E-state index is 6.09. The standard InChI is InChI=1S/C31H24N4O/c1-33-21-34(29-14-5-4-13-28(29)33)22-9-8-10-23(19-22)35-27-12-3-2-11-25(27)26-17-16-24(20-30(26)35)36-31-15-6-7-18-32-31/h2-20H,21H2,1H3. The van der Waals surface area contributed by atoms with Crippen molar-refractivity contribution in [1.82, 2.24) is 9.55 Å². The molecule has 0 fully saturated rings. The summed E-state index contributed by atoms with van der Waals surface area (Å²) < 4.78 is 8.42. The first-order valence-electron chi connectivity index (χ1n) is 12.1. The average Bonchev–Trinajstić information content (AvgIpc) is 3.44. The third-order valence-corrected chi connectivity index (χ3v) is 6.84. The number of ether oxygens (including phenoxy) is 1. The van der Waals surface area contributed by atoms with Gasteiger partial charge in [0.05, 0.1) is 29.1 Å². The maximum absolute atomic E-state index is 6.09. The van der Waals surface area contributed by atoms with Crippen molar-refractivity contribution in [2.24, 2.45) is 0 Å². The van der Waals surface area contributed by atoms with Crippen LogP contribution in [0.25, 0.3) is 27.5 Å². The number of benzene rings is 4. The van der Waals surface area contributed by atoms with E-state index in [2.05, 4.69) is 111 Å². The van der Waals surface area contributed by atoms with Crippen molar-refractivity contribution in [3.05, 3.63) is 115 Å². The van der Waals surface area contributed by atoms with Crippen LogP contribution in [-0.2, 0) is 0 Å². The number of rotatable bonds is 4. The minimum absolute atomic E-state index is 0.582. The van der Waals surface area contributed by atoms with Crippen molar-refractivity contribution < 1.29 is 4.74 Å². The van der Waals surface area contributed by atoms with Crippen LogP contribution in [0.15, 0.2) is 115 Å². The molecule has 2 aromatic heterocycles. The van der Waals surface area contributed by atoms with E-state index in [-0.39, 0.29) is 0 Å². The van der Waals surface area contributed by atoms with Gasteiger partial charge in [0.1, 0.15) is 5.75 Å². The molecule has 36 heavy (non-hydrogen) atoms. The Balaban J connectivity index is 1.38. The number of para-hydroxylation sites is 3. The Morgan fingerprint density at radius 2 is 1.44 bits per heavy atom. The van der Waals surface area contributed by atoms with Gasteiger partial charge in [0, 0.05) is 47.5 Å². The average molecular weight is 469 g/mol. The Labute approximate surface area is 209 Å². The fraction of sp³-hybridized carbons (Fsp3) is 0.0645. The van der Waals surface area contributed by atoms with Gasteiger partial charge in [-0.15, -0.1) is 0 Å². The molecule has 0 saturated heterocycles. The number of pyridine rings is 1. The van der Waals surface area contributed by atoms with E-state index in [1.165, 1.54) is 27.7 Å². The lowest BCUT2D eigenvalue weighted by molar-refractivity contribution is 0.463. The van der Waals surface area contributed by atoms with Crippen molar-refractivity contribution in [3.63, 3.8) is 0 Å². The van der Waals surface area contributed by atoms with E-state index in [1.807, 2.05) is 24.3 Å². The lowest BCUT2D eigenvalue weighted by Gasteiger charge is -2.21. The van der Waals surface area contributed by atoms with E-state index in [9.17, 15) is 0 Å². The monoisotopic (exact) mass is 468 g/mol. The number of nitrogens with zero attached hydrogens (tertiary/aromatic N) is 4. The second-order valence-electron chi connectivity index (χ2n) is 9.08. The summed E-state index contributed by atoms with van der Waals surface area (Å²) in [6.45, 7) is 0.817. The highest BCUT2D eigenvalue weighted by molar-refractivity contribution is 6.09. The van der Waals surface area contributed by atoms with Crippen LogP contribution < -0.4 is 14.5 Å². The zero-order valence-electron chi connectivity index (χ0n) is 19.9. The minimum Gasteiger partial charge on any atom is -0.439 e. The summed E-state index contributed by atoms with van der Waals surface area (Å²) in [5, 5.41) is 2.41. The molecule has 0 spiro atoms. The van der Waals surface area contributed by atoms with Gasteiger partial charge < -0.3 is 19.1 Å². The van der Waals surface area contributed by atoms with Gasteiger partial charge >= 0.3 is 0 Å². The van der Waals surface area contributed by atoms with Crippen LogP contribution in [0, 0.1) is 0 Å². The quantitative estimate of drug-likeness (QED) is 0.268. The molecule has 4 aromatic carbocycles. The molecule has 0 unspecified atom stereocenters. The molecule has 3 heterocycles. The molecule has 0 atom stereocenters. The van der Waals surface area contributed by atoms with Crippen molar-refractivity contribution in [2.45, 2.75) is 0 Å². The van der Waals surface area contributed by atoms with E-state index in [1.54, 1.807) is 6.20 Å². The molecule has 1 aliphatic rings. The topological polar surface area (TPSA) is 33.5 Å². The van der Waals surface area contributed by atoms with Gasteiger partial charge in [0.25, 0.3) is 0 Å². The third-order valence-electron chi connectivity index (χ3n) is 6.84. The largest absolute Gasteiger partial charge is 0.439 e. The summed E-state index contributed by atoms with van der Waals surface area (Å²) in [7, 11) is 2.14. The predicted octanol–water partition coefficient (Wildman–Crippen LogP) is 7.52. The predicted molar refractivity (Wildman–Crippen MR) is 147 cm³/mol. The summed E-state index contributed by atoms with van der Waals surface area (Å²) in [5.74, 6) is 1.34. The first kappa shape index (κ1) is 20.6. The molecule has 6 aromatic rings. The van der Waals surface area contributed by atoms with Crippen LogP contribution >= 0.6 is 0 Å². The Hall–Kier alpha value is -4.77. The van der Waals surface area contributed by atoms with Gasteiger partial charge in [-0.3, -0.25) is 0 Å². The van der Waals surface area contributed by atoms with Gasteiger partial charge in [-0.05, 0) is 54.6 Å². The Bertz CT molecular complexity index is 1720. The van der Waals surface area contributed by atoms with Crippen LogP contribution in [0.1, 0.15) is 0 Å². The number of aromatic nitrogens is 2. The molecule has 0 N–H and O–H groups in total. The molecular weight excluding hydrogens is 444 g/mol. The van der Waals surface area contributed by atoms with Crippen LogP contribution in [-0.4, -0.2) is 23.3 Å². The van der Waals surface area contributed by atoms with E-state index in [0.29, 0.717) is 5.88 Å². The summed E-state index contributed by atoms with van der Waals surface area (Å²) in [5.41, 5.74) is 7.01. The van der Waals surface area contributed by atoms with Crippen molar-refractivity contribution in [2.75, 3.05) is 23.5 Å². The highest BCUT2D eigenvalue weighted by Crippen LogP contribution is 2.41. The van der Waals surface area contributed by atoms with Crippen LogP contribution in [0.4, 0.5) is 17.1 Å². The Morgan fingerprint density at radius 1 is 0.667 bits per heavy atom. The molecule has 174 valence electrons. The summed E-state index contributed by atoms with van der Waals surface area (Å²) in [4.78, 5) is 8.96. The Kier molecular flexibility index (Phi) is 4.67. The van der Waals surface area contributed by atoms with E-state index < -0.39 is 0 Å². The number of anilines is 3. The summed E-state index contributed by atoms with van der Waals surface area (Å²) in [6.07, 6.45) is 1.74. The van der Waals surface area contributed by atoms with Gasteiger partial charge in [-0.1, -0.05) is 42.5 Å². The van der Waals surface area contributed by atoms with E-state index in [4.69, 9.17) is 4.74 Å². The molecule has 0 amide bonds. The van der Waals surface area contributed by atoms with Gasteiger partial charge in [0.15, 0.2) is 0 Å². The number of hydrogen-bond acceptors (Lipinski definition) is 4. The van der Waals surface area contributed by atoms with Crippen LogP contribution in [0.3, 0.4) is 0 Å². The molecule has 0 aliphatic carbocycles. The minimum atomic E-state index is 0.582. The van der Waals surface area contributed by atoms with Crippen molar-refractivity contribution >= 4 is 38.9 Å². The summed E-state index contributed by atoms with van der Waals surface area (Å²) >= 11 is 0. The molecule has 5 heteroatoms. The van der Waals surface area contributed by atoms with Crippen molar-refractivity contribution in [1.29, 1.82) is 0 Å². The normalized spacial score (nSPS) is 12.9. The molecule has 7 rings (SSSR count). The molecule has 1 aliphatic heterocycles. The fourth-order valence-electron chi connectivity index (χ4n) is 5.22. The molecule has 0 saturated carbocycles. The van der Waals surface area contributed by atoms with Crippen molar-refractivity contribution in [3.8, 4) is 17.3 Å². The third kappa shape index (κ3) is 3.28. The van der Waals surface area contributed by atoms with E-state index >= 15 is 0 Å². The highest BCUT2D eigenvalue weighted by Gasteiger charge is 2.24. The van der Waals surface area contributed by atoms with Gasteiger partial charge in [-0.2, -0.15) is 0 Å². The zero-order valence-corrected chi connectivity index (χ0v) is 19.9. The van der Waals surface area contributed by atoms with E-state index in [0.717, 1.165) is 29.3 Å². The molecule has 0 radical (unpaired) electrons. The SMILES string of the molecule is CN1CN(c2cccc(-n3c4ccccc4c4ccc(Oc5ccccn5)cc43)c2)c2ccccc21.